The van der Waals surface area contributed by atoms with Gasteiger partial charge in [0.2, 0.25) is 0 Å². The summed E-state index contributed by atoms with van der Waals surface area (Å²) < 4.78 is 33.9. The number of amides is 2. The number of rotatable bonds is 5. The summed E-state index contributed by atoms with van der Waals surface area (Å²) in [6.07, 6.45) is 1.37. The molecule has 7 nitrogen and oxygen atoms in total. The van der Waals surface area contributed by atoms with Crippen molar-refractivity contribution in [3.63, 3.8) is 0 Å². The molecule has 2 N–H and O–H groups in total. The van der Waals surface area contributed by atoms with Gasteiger partial charge in [0.25, 0.3) is 11.8 Å². The van der Waals surface area contributed by atoms with Crippen LogP contribution in [-0.2, 0) is 7.05 Å². The highest BCUT2D eigenvalue weighted by atomic mass is 19.1. The van der Waals surface area contributed by atoms with Crippen LogP contribution in [0.5, 0.6) is 5.75 Å². The molecule has 0 aliphatic heterocycles. The van der Waals surface area contributed by atoms with E-state index in [-0.39, 0.29) is 16.8 Å². The molecule has 0 aliphatic carbocycles. The first-order valence-electron chi connectivity index (χ1n) is 8.71. The van der Waals surface area contributed by atoms with Gasteiger partial charge < -0.3 is 4.74 Å². The predicted molar refractivity (Wildman–Crippen MR) is 101 cm³/mol. The monoisotopic (exact) mass is 400 g/mol. The molecule has 0 aliphatic rings. The van der Waals surface area contributed by atoms with Crippen LogP contribution in [-0.4, -0.2) is 28.2 Å². The Labute approximate surface area is 165 Å². The number of ether oxygens (including phenoxy) is 1. The molecule has 3 aromatic rings. The molecule has 0 bridgehead atoms. The Hall–Kier alpha value is -3.75. The van der Waals surface area contributed by atoms with Crippen molar-refractivity contribution in [3.05, 3.63) is 71.4 Å². The Kier molecular flexibility index (Phi) is 5.87. The molecule has 9 heteroatoms. The van der Waals surface area contributed by atoms with E-state index in [2.05, 4.69) is 16.0 Å². The average molecular weight is 400 g/mol. The van der Waals surface area contributed by atoms with E-state index in [1.807, 2.05) is 6.92 Å². The Morgan fingerprint density at radius 1 is 1.07 bits per heavy atom. The SMILES string of the molecule is CCOc1ccc(C(=O)NNC(=O)c2cn(C)nc2-c2ccc(F)cc2F)cc1. The molecule has 0 unspecified atom stereocenters. The molecule has 2 aromatic carbocycles. The van der Waals surface area contributed by atoms with E-state index in [9.17, 15) is 18.4 Å². The van der Waals surface area contributed by atoms with Crippen LogP contribution in [0.15, 0.2) is 48.7 Å². The maximum absolute atomic E-state index is 14.1. The third-order valence-electron chi connectivity index (χ3n) is 3.98. The number of nitrogens with zero attached hydrogens (tertiary/aromatic N) is 2. The standard InChI is InChI=1S/C20H18F2N4O3/c1-3-29-14-7-4-12(5-8-14)19(27)23-24-20(28)16-11-26(2)25-18(16)15-9-6-13(21)10-17(15)22/h4-11H,3H2,1-2H3,(H,23,27)(H,24,28). The molecule has 0 fully saturated rings. The lowest BCUT2D eigenvalue weighted by Crippen LogP contribution is -2.41. The molecule has 0 atom stereocenters. The number of nitrogens with one attached hydrogen (secondary N) is 2. The van der Waals surface area contributed by atoms with Gasteiger partial charge in [0.15, 0.2) is 0 Å². The zero-order valence-corrected chi connectivity index (χ0v) is 15.7. The number of carbonyl (C=O) groups is 2. The van der Waals surface area contributed by atoms with Gasteiger partial charge in [0.1, 0.15) is 23.1 Å². The van der Waals surface area contributed by atoms with Crippen LogP contribution >= 0.6 is 0 Å². The zero-order chi connectivity index (χ0) is 21.0. The van der Waals surface area contributed by atoms with Crippen LogP contribution in [0, 0.1) is 11.6 Å². The summed E-state index contributed by atoms with van der Waals surface area (Å²) in [5.41, 5.74) is 4.88. The molecule has 3 rings (SSSR count). The molecule has 0 spiro atoms. The summed E-state index contributed by atoms with van der Waals surface area (Å²) in [5.74, 6) is -2.21. The maximum Gasteiger partial charge on any atom is 0.273 e. The van der Waals surface area contributed by atoms with Gasteiger partial charge in [-0.3, -0.25) is 25.1 Å². The van der Waals surface area contributed by atoms with Crippen LogP contribution < -0.4 is 15.6 Å². The molecule has 0 radical (unpaired) electrons. The van der Waals surface area contributed by atoms with Crippen molar-refractivity contribution in [2.45, 2.75) is 6.92 Å². The van der Waals surface area contributed by atoms with E-state index in [1.165, 1.54) is 16.9 Å². The van der Waals surface area contributed by atoms with Crippen LogP contribution in [0.1, 0.15) is 27.6 Å². The van der Waals surface area contributed by atoms with Gasteiger partial charge in [0, 0.05) is 30.4 Å². The fourth-order valence-corrected chi connectivity index (χ4v) is 2.66. The zero-order valence-electron chi connectivity index (χ0n) is 15.7. The van der Waals surface area contributed by atoms with Gasteiger partial charge in [-0.25, -0.2) is 8.78 Å². The van der Waals surface area contributed by atoms with E-state index in [0.29, 0.717) is 24.0 Å². The average Bonchev–Trinajstić information content (AvgIpc) is 3.08. The molecule has 1 aromatic heterocycles. The Balaban J connectivity index is 1.73. The number of hydrogen-bond acceptors (Lipinski definition) is 4. The molecular weight excluding hydrogens is 382 g/mol. The first kappa shape index (κ1) is 20.0. The van der Waals surface area contributed by atoms with E-state index < -0.39 is 23.4 Å². The molecule has 2 amide bonds. The quantitative estimate of drug-likeness (QED) is 0.645. The smallest absolute Gasteiger partial charge is 0.273 e. The highest BCUT2D eigenvalue weighted by molar-refractivity contribution is 6.02. The van der Waals surface area contributed by atoms with E-state index >= 15 is 0 Å². The fraction of sp³-hybridized carbons (Fsp3) is 0.150. The van der Waals surface area contributed by atoms with Crippen molar-refractivity contribution in [2.24, 2.45) is 7.05 Å². The van der Waals surface area contributed by atoms with Crippen LogP contribution in [0.25, 0.3) is 11.3 Å². The topological polar surface area (TPSA) is 85.3 Å². The van der Waals surface area contributed by atoms with Crippen LogP contribution in [0.4, 0.5) is 8.78 Å². The number of carbonyl (C=O) groups excluding carboxylic acids is 2. The fourth-order valence-electron chi connectivity index (χ4n) is 2.66. The number of aromatic nitrogens is 2. The Morgan fingerprint density at radius 3 is 2.41 bits per heavy atom. The van der Waals surface area contributed by atoms with Crippen molar-refractivity contribution in [1.29, 1.82) is 0 Å². The number of hydrazine groups is 1. The highest BCUT2D eigenvalue weighted by Crippen LogP contribution is 2.25. The summed E-state index contributed by atoms with van der Waals surface area (Å²) in [6, 6.07) is 9.35. The van der Waals surface area contributed by atoms with E-state index in [1.54, 1.807) is 31.3 Å². The first-order chi connectivity index (χ1) is 13.9. The second kappa shape index (κ2) is 8.51. The highest BCUT2D eigenvalue weighted by Gasteiger charge is 2.20. The van der Waals surface area contributed by atoms with Gasteiger partial charge in [0.05, 0.1) is 12.2 Å². The molecule has 29 heavy (non-hydrogen) atoms. The third kappa shape index (κ3) is 4.57. The number of benzene rings is 2. The maximum atomic E-state index is 14.1. The van der Waals surface area contributed by atoms with Crippen molar-refractivity contribution in [1.82, 2.24) is 20.6 Å². The molecular formula is C20H18F2N4O3. The second-order valence-corrected chi connectivity index (χ2v) is 6.05. The van der Waals surface area contributed by atoms with Gasteiger partial charge in [-0.1, -0.05) is 0 Å². The van der Waals surface area contributed by atoms with Crippen molar-refractivity contribution >= 4 is 11.8 Å². The summed E-state index contributed by atoms with van der Waals surface area (Å²) in [4.78, 5) is 24.7. The van der Waals surface area contributed by atoms with Crippen molar-refractivity contribution < 1.29 is 23.1 Å². The summed E-state index contributed by atoms with van der Waals surface area (Å²) >= 11 is 0. The Morgan fingerprint density at radius 2 is 1.76 bits per heavy atom. The summed E-state index contributed by atoms with van der Waals surface area (Å²) in [5, 5.41) is 4.07. The first-order valence-corrected chi connectivity index (χ1v) is 8.71. The second-order valence-electron chi connectivity index (χ2n) is 6.05. The van der Waals surface area contributed by atoms with E-state index in [0.717, 1.165) is 6.07 Å². The largest absolute Gasteiger partial charge is 0.494 e. The number of aryl methyl sites for hydroxylation is 1. The lowest BCUT2D eigenvalue weighted by Gasteiger charge is -2.09. The summed E-state index contributed by atoms with van der Waals surface area (Å²) in [6.45, 7) is 2.35. The molecule has 0 saturated carbocycles. The Bertz CT molecular complexity index is 1050. The lowest BCUT2D eigenvalue weighted by molar-refractivity contribution is 0.0847. The van der Waals surface area contributed by atoms with Gasteiger partial charge in [-0.2, -0.15) is 5.10 Å². The van der Waals surface area contributed by atoms with Gasteiger partial charge >= 0.3 is 0 Å². The minimum absolute atomic E-state index is 0.0185. The molecule has 150 valence electrons. The molecule has 1 heterocycles. The normalized spacial score (nSPS) is 10.5. The van der Waals surface area contributed by atoms with Gasteiger partial charge in [-0.05, 0) is 43.3 Å². The third-order valence-corrected chi connectivity index (χ3v) is 3.98. The minimum atomic E-state index is -0.851. The number of halogens is 2. The van der Waals surface area contributed by atoms with Crippen LogP contribution in [0.3, 0.4) is 0 Å². The van der Waals surface area contributed by atoms with Gasteiger partial charge in [-0.15, -0.1) is 0 Å². The minimum Gasteiger partial charge on any atom is -0.494 e. The van der Waals surface area contributed by atoms with Crippen LogP contribution in [0.2, 0.25) is 0 Å². The molecule has 0 saturated heterocycles. The van der Waals surface area contributed by atoms with E-state index in [4.69, 9.17) is 4.74 Å². The number of hydrogen-bond donors (Lipinski definition) is 2. The lowest BCUT2D eigenvalue weighted by atomic mass is 10.1. The van der Waals surface area contributed by atoms with Crippen molar-refractivity contribution in [2.75, 3.05) is 6.61 Å². The van der Waals surface area contributed by atoms with Crippen molar-refractivity contribution in [3.8, 4) is 17.0 Å². The summed E-state index contributed by atoms with van der Waals surface area (Å²) in [7, 11) is 1.56. The predicted octanol–water partition coefficient (Wildman–Crippen LogP) is 2.84.